The molecule has 0 radical (unpaired) electrons. The Bertz CT molecular complexity index is 6120. The third-order valence-electron chi connectivity index (χ3n) is 19.1. The first-order valence-corrected chi connectivity index (χ1v) is 32.6. The van der Waals surface area contributed by atoms with Gasteiger partial charge in [0.15, 0.2) is 0 Å². The fraction of sp³-hybridized carbons (Fsp3) is 0. The summed E-state index contributed by atoms with van der Waals surface area (Å²) in [6, 6.07) is 102. The molecule has 2 aliphatic carbocycles. The van der Waals surface area contributed by atoms with Crippen molar-refractivity contribution in [1.82, 2.24) is 0 Å². The highest BCUT2D eigenvalue weighted by molar-refractivity contribution is 6.64. The molecular formula is C88H58N8O2. The molecule has 0 fully saturated rings. The van der Waals surface area contributed by atoms with Gasteiger partial charge in [-0.05, 0) is 199 Å². The minimum Gasteiger partial charge on any atom is -0.456 e. The van der Waals surface area contributed by atoms with Crippen LogP contribution in [0.1, 0.15) is 27.8 Å². The van der Waals surface area contributed by atoms with Gasteiger partial charge >= 0.3 is 0 Å². The molecule has 0 unspecified atom stereocenters. The van der Waals surface area contributed by atoms with Gasteiger partial charge in [0.25, 0.3) is 0 Å². The third kappa shape index (κ3) is 9.81. The number of hydrazone groups is 1. The van der Waals surface area contributed by atoms with Crippen LogP contribution in [0.3, 0.4) is 0 Å². The van der Waals surface area contributed by atoms with Gasteiger partial charge in [-0.15, -0.1) is 0 Å². The van der Waals surface area contributed by atoms with Crippen molar-refractivity contribution in [2.75, 3.05) is 21.0 Å². The van der Waals surface area contributed by atoms with Crippen LogP contribution >= 0.6 is 0 Å². The second kappa shape index (κ2) is 23.2. The quantitative estimate of drug-likeness (QED) is 0.0606. The molecule has 10 heteroatoms. The van der Waals surface area contributed by atoms with Gasteiger partial charge in [0.05, 0.1) is 22.8 Å². The summed E-state index contributed by atoms with van der Waals surface area (Å²) in [5, 5.41) is 41.6. The lowest BCUT2D eigenvalue weighted by atomic mass is 9.83. The molecule has 18 rings (SSSR count). The summed E-state index contributed by atoms with van der Waals surface area (Å²) in [7, 11) is 0. The number of hydrogen-bond acceptors (Lipinski definition) is 10. The number of anilines is 8. The lowest BCUT2D eigenvalue weighted by molar-refractivity contribution is 0.668. The second-order valence-electron chi connectivity index (χ2n) is 24.9. The molecule has 2 aromatic heterocycles. The number of nitrogens with zero attached hydrogens (tertiary/aromatic N) is 3. The van der Waals surface area contributed by atoms with Crippen molar-refractivity contribution in [2.24, 2.45) is 5.10 Å². The highest BCUT2D eigenvalue weighted by atomic mass is 16.3. The Hall–Kier alpha value is -13.4. The average Bonchev–Trinajstić information content (AvgIpc) is 1.18. The van der Waals surface area contributed by atoms with Crippen molar-refractivity contribution >= 4 is 151 Å². The first kappa shape index (κ1) is 57.2. The molecule has 2 heterocycles. The summed E-state index contributed by atoms with van der Waals surface area (Å²) in [6.07, 6.45) is 5.97. The predicted octanol–water partition coefficient (Wildman–Crippen LogP) is 23.1. The molecule has 0 aliphatic heterocycles. The number of furan rings is 2. The highest BCUT2D eigenvalue weighted by Crippen LogP contribution is 2.47. The highest BCUT2D eigenvalue weighted by Gasteiger charge is 2.28. The van der Waals surface area contributed by atoms with Crippen LogP contribution in [0.2, 0.25) is 0 Å². The van der Waals surface area contributed by atoms with E-state index in [1.165, 1.54) is 0 Å². The van der Waals surface area contributed by atoms with Gasteiger partial charge in [0.1, 0.15) is 28.0 Å². The monoisotopic (exact) mass is 1260 g/mol. The fourth-order valence-corrected chi connectivity index (χ4v) is 14.4. The molecule has 6 N–H and O–H groups in total. The largest absolute Gasteiger partial charge is 0.456 e. The molecule has 0 saturated carbocycles. The number of hydrogen-bond donors (Lipinski definition) is 5. The molecule has 0 spiro atoms. The van der Waals surface area contributed by atoms with E-state index in [0.717, 1.165) is 150 Å². The summed E-state index contributed by atoms with van der Waals surface area (Å²) in [6.45, 7) is 0. The van der Waals surface area contributed by atoms with E-state index in [1.807, 2.05) is 115 Å². The minimum absolute atomic E-state index is 0.122. The van der Waals surface area contributed by atoms with E-state index in [4.69, 9.17) is 14.6 Å². The van der Waals surface area contributed by atoms with Crippen molar-refractivity contribution in [2.45, 2.75) is 0 Å². The summed E-state index contributed by atoms with van der Waals surface area (Å²) >= 11 is 0. The van der Waals surface area contributed by atoms with Crippen LogP contribution in [0.25, 0.3) is 117 Å². The van der Waals surface area contributed by atoms with Crippen LogP contribution in [-0.2, 0) is 0 Å². The van der Waals surface area contributed by atoms with E-state index in [0.29, 0.717) is 39.4 Å². The molecular weight excluding hydrogens is 1200 g/mol. The Morgan fingerprint density at radius 1 is 0.337 bits per heavy atom. The van der Waals surface area contributed by atoms with Crippen LogP contribution in [0.4, 0.5) is 45.5 Å². The number of para-hydroxylation sites is 2. The van der Waals surface area contributed by atoms with Gasteiger partial charge in [-0.1, -0.05) is 176 Å². The van der Waals surface area contributed by atoms with Crippen LogP contribution in [0.5, 0.6) is 0 Å². The number of benzene rings is 14. The zero-order valence-corrected chi connectivity index (χ0v) is 52.8. The number of rotatable bonds is 12. The normalized spacial score (nSPS) is 13.2. The van der Waals surface area contributed by atoms with E-state index in [2.05, 4.69) is 221 Å². The van der Waals surface area contributed by atoms with Crippen molar-refractivity contribution in [3.05, 3.63) is 331 Å². The molecule has 0 saturated heterocycles. The van der Waals surface area contributed by atoms with Crippen molar-refractivity contribution in [3.8, 4) is 33.4 Å². The fourth-order valence-electron chi connectivity index (χ4n) is 14.4. The van der Waals surface area contributed by atoms with E-state index in [9.17, 15) is 16.2 Å². The maximum absolute atomic E-state index is 9.96. The molecule has 462 valence electrons. The lowest BCUT2D eigenvalue weighted by Crippen LogP contribution is -2.20. The van der Waals surface area contributed by atoms with Crippen LogP contribution in [0, 0.1) is 16.2 Å². The Kier molecular flexibility index (Phi) is 13.6. The first-order chi connectivity index (χ1) is 48.2. The average molecular weight is 1260 g/mol. The van der Waals surface area contributed by atoms with Crippen molar-refractivity contribution in [3.63, 3.8) is 0 Å². The molecule has 14 aromatic carbocycles. The predicted molar refractivity (Wildman–Crippen MR) is 408 cm³/mol. The van der Waals surface area contributed by atoms with Gasteiger partial charge in [0.2, 0.25) is 0 Å². The summed E-state index contributed by atoms with van der Waals surface area (Å²) < 4.78 is 13.6. The van der Waals surface area contributed by atoms with E-state index in [1.54, 1.807) is 0 Å². The van der Waals surface area contributed by atoms with Gasteiger partial charge in [-0.2, -0.15) is 5.10 Å². The molecule has 98 heavy (non-hydrogen) atoms. The van der Waals surface area contributed by atoms with Crippen LogP contribution in [0.15, 0.2) is 317 Å². The van der Waals surface area contributed by atoms with Crippen molar-refractivity contribution in [1.29, 1.82) is 16.2 Å². The number of fused-ring (bicyclic) bond motifs is 12. The number of nitrogen functional groups attached to an aromatic ring is 1. The topological polar surface area (TPSA) is 155 Å². The summed E-state index contributed by atoms with van der Waals surface area (Å²) in [4.78, 5) is 4.48. The summed E-state index contributed by atoms with van der Waals surface area (Å²) in [5.74, 6) is 0. The van der Waals surface area contributed by atoms with Crippen LogP contribution < -0.4 is 21.0 Å². The Balaban J connectivity index is 0.713. The molecule has 16 aromatic rings. The standard InChI is InChI=1S/C88H58N8O2/c89-61-19-12-17-57(45-61)71-27-14-28-79-85(71)74-43-40-68(52-82(74)97-79)96(64-24-13-18-58(46-64)70-26-11-10-25-69(70)53-15-4-1-5-16-53)66-38-34-55-30-32-60-47-77(86(90)88(92)84(60)76(55)50-66)59-35-41-72-73-42-39-67(51-81(73)98-80(72)48-59)95(63-22-8-3-9-23-63)65-37-33-54-29-31-56-36-44-78(87(91)83(56)75(54)49-65)94-93-62-20-6-2-7-21-62/h1-52,90-93H,89H2/b90-86?,91-87?,92-88?,94-78-. The van der Waals surface area contributed by atoms with E-state index < -0.39 is 0 Å². The second-order valence-corrected chi connectivity index (χ2v) is 24.9. The summed E-state index contributed by atoms with van der Waals surface area (Å²) in [5.41, 5.74) is 31.8. The first-order valence-electron chi connectivity index (χ1n) is 32.6. The molecule has 10 nitrogen and oxygen atoms in total. The van der Waals surface area contributed by atoms with E-state index in [-0.39, 0.29) is 11.4 Å². The van der Waals surface area contributed by atoms with Gasteiger partial charge in [0, 0.05) is 90.2 Å². The Morgan fingerprint density at radius 3 is 1.57 bits per heavy atom. The third-order valence-corrected chi connectivity index (χ3v) is 19.1. The molecule has 2 aliphatic rings. The van der Waals surface area contributed by atoms with Gasteiger partial charge in [-0.3, -0.25) is 21.7 Å². The van der Waals surface area contributed by atoms with Gasteiger partial charge < -0.3 is 24.4 Å². The maximum atomic E-state index is 9.96. The number of nitrogens with two attached hydrogens (primary N) is 1. The van der Waals surface area contributed by atoms with E-state index >= 15 is 0 Å². The molecule has 0 bridgehead atoms. The molecule has 0 atom stereocenters. The maximum Gasteiger partial charge on any atom is 0.137 e. The van der Waals surface area contributed by atoms with Gasteiger partial charge in [-0.25, -0.2) is 0 Å². The molecule has 0 amide bonds. The lowest BCUT2D eigenvalue weighted by Gasteiger charge is -2.27. The zero-order chi connectivity index (χ0) is 65.5. The smallest absolute Gasteiger partial charge is 0.137 e. The minimum atomic E-state index is 0.122. The Labute approximate surface area is 563 Å². The Morgan fingerprint density at radius 2 is 0.847 bits per heavy atom. The number of nitrogens with one attached hydrogen (secondary N) is 4. The number of allylic oxidation sites excluding steroid dienone is 2. The SMILES string of the molecule is N=C1C(=N)c2c(ccc3ccc(N(c4cccc(-c5ccccc5-c5ccccc5)c4)c4ccc5c(c4)oc4cccc(-c6cccc(N)c6)c45)cc23)C=C1c1ccc2c(c1)oc1cc(N(c3ccccc3)c3ccc4ccc5c(c4c3)C(=N)/C(=N\Nc3ccccc3)C=C5)ccc12. The van der Waals surface area contributed by atoms with Crippen LogP contribution in [-0.4, -0.2) is 22.8 Å². The zero-order valence-electron chi connectivity index (χ0n) is 52.8. The van der Waals surface area contributed by atoms with Crippen molar-refractivity contribution < 1.29 is 8.83 Å².